The number of fused-ring (bicyclic) bond motifs is 3. The molecule has 1 fully saturated rings. The number of likely N-dealkylation sites (N-methyl/N-ethyl adjacent to an activating group) is 1. The number of nitrogens with two attached hydrogens (primary N) is 1. The van der Waals surface area contributed by atoms with Gasteiger partial charge in [-0.05, 0) is 38.6 Å². The molecular formula is C27H32N2O8S. The van der Waals surface area contributed by atoms with Crippen molar-refractivity contribution in [3.05, 3.63) is 52.0 Å². The molecule has 4 aliphatic rings. The van der Waals surface area contributed by atoms with Gasteiger partial charge >= 0.3 is 0 Å². The van der Waals surface area contributed by atoms with E-state index >= 15 is 0 Å². The average Bonchev–Trinajstić information content (AvgIpc) is 3.37. The molecule has 4 aliphatic carbocycles. The highest BCUT2D eigenvalue weighted by Crippen LogP contribution is 2.56. The van der Waals surface area contributed by atoms with E-state index < -0.39 is 70.1 Å². The van der Waals surface area contributed by atoms with Gasteiger partial charge in [0.25, 0.3) is 5.91 Å². The van der Waals surface area contributed by atoms with Gasteiger partial charge in [-0.1, -0.05) is 25.0 Å². The van der Waals surface area contributed by atoms with Crippen LogP contribution in [0.5, 0.6) is 5.75 Å². The normalized spacial score (nSPS) is 33.4. The molecule has 0 spiro atoms. The number of hydrogen-bond donors (Lipinski definition) is 6. The number of aliphatic hydroxyl groups is 4. The first-order valence-corrected chi connectivity index (χ1v) is 13.7. The van der Waals surface area contributed by atoms with Crippen LogP contribution in [-0.2, 0) is 9.59 Å². The number of benzene rings is 1. The van der Waals surface area contributed by atoms with Crippen molar-refractivity contribution < 1.29 is 39.9 Å². The summed E-state index contributed by atoms with van der Waals surface area (Å²) in [6.45, 7) is 0. The summed E-state index contributed by atoms with van der Waals surface area (Å²) in [5.41, 5.74) is 1.63. The maximum Gasteiger partial charge on any atom is 0.255 e. The van der Waals surface area contributed by atoms with Crippen molar-refractivity contribution >= 4 is 29.2 Å². The zero-order valence-electron chi connectivity index (χ0n) is 21.1. The number of ketones is 2. The summed E-state index contributed by atoms with van der Waals surface area (Å²) >= 11 is 1.69. The van der Waals surface area contributed by atoms with Gasteiger partial charge in [-0.2, -0.15) is 11.8 Å². The number of primary amides is 1. The van der Waals surface area contributed by atoms with E-state index in [-0.39, 0.29) is 16.9 Å². The summed E-state index contributed by atoms with van der Waals surface area (Å²) < 4.78 is 0. The van der Waals surface area contributed by atoms with Gasteiger partial charge in [0.1, 0.15) is 22.8 Å². The molecule has 11 heteroatoms. The van der Waals surface area contributed by atoms with E-state index in [1.165, 1.54) is 25.1 Å². The zero-order valence-corrected chi connectivity index (χ0v) is 21.9. The number of phenolic OH excluding ortho intramolecular Hbond substituents is 1. The molecule has 1 aromatic carbocycles. The van der Waals surface area contributed by atoms with Crippen LogP contribution in [0.3, 0.4) is 0 Å². The predicted octanol–water partition coefficient (Wildman–Crippen LogP) is 1.31. The summed E-state index contributed by atoms with van der Waals surface area (Å²) in [5, 5.41) is 57.2. The number of aromatic hydroxyl groups is 1. The maximum absolute atomic E-state index is 13.8. The van der Waals surface area contributed by atoms with Crippen LogP contribution in [0.2, 0.25) is 0 Å². The van der Waals surface area contributed by atoms with Crippen molar-refractivity contribution in [1.29, 1.82) is 0 Å². The third-order valence-corrected chi connectivity index (χ3v) is 10.1. The van der Waals surface area contributed by atoms with Crippen molar-refractivity contribution in [2.75, 3.05) is 19.8 Å². The van der Waals surface area contributed by atoms with Gasteiger partial charge in [0.05, 0.1) is 23.6 Å². The molecule has 7 N–H and O–H groups in total. The number of thioether (sulfide) groups is 1. The Labute approximate surface area is 223 Å². The minimum absolute atomic E-state index is 0.0579. The smallest absolute Gasteiger partial charge is 0.255 e. The summed E-state index contributed by atoms with van der Waals surface area (Å²) in [4.78, 5) is 40.8. The van der Waals surface area contributed by atoms with Gasteiger partial charge < -0.3 is 31.3 Å². The molecule has 1 amide bonds. The third-order valence-electron chi connectivity index (χ3n) is 8.61. The SMILES string of the molecule is CN(C)[C@@H]1C(O)=C(C(N)=O)C(=O)[C@@]2(O)C(O)=C3C(=O)c4c(O)cccc4C(CSC4CCCC4)C3C(O)C12. The molecule has 0 heterocycles. The molecule has 0 aromatic heterocycles. The minimum Gasteiger partial charge on any atom is -0.510 e. The molecule has 6 atom stereocenters. The topological polar surface area (TPSA) is 182 Å². The van der Waals surface area contributed by atoms with E-state index in [4.69, 9.17) is 5.73 Å². The van der Waals surface area contributed by atoms with Crippen LogP contribution >= 0.6 is 11.8 Å². The minimum atomic E-state index is -2.91. The Kier molecular flexibility index (Phi) is 6.62. The monoisotopic (exact) mass is 544 g/mol. The molecule has 10 nitrogen and oxygen atoms in total. The summed E-state index contributed by atoms with van der Waals surface area (Å²) in [7, 11) is 3.04. The van der Waals surface area contributed by atoms with E-state index in [0.717, 1.165) is 25.7 Å². The number of aliphatic hydroxyl groups excluding tert-OH is 3. The van der Waals surface area contributed by atoms with Crippen LogP contribution < -0.4 is 5.73 Å². The highest BCUT2D eigenvalue weighted by atomic mass is 32.2. The van der Waals surface area contributed by atoms with Crippen molar-refractivity contribution in [1.82, 2.24) is 4.90 Å². The Hall–Kier alpha value is -2.86. The molecule has 1 saturated carbocycles. The molecule has 204 valence electrons. The Morgan fingerprint density at radius 1 is 1.16 bits per heavy atom. The van der Waals surface area contributed by atoms with Crippen molar-refractivity contribution in [3.8, 4) is 5.75 Å². The van der Waals surface area contributed by atoms with Gasteiger partial charge in [0.15, 0.2) is 11.4 Å². The number of carbonyl (C=O) groups excluding carboxylic acids is 3. The van der Waals surface area contributed by atoms with Crippen LogP contribution in [0.15, 0.2) is 40.9 Å². The first-order valence-electron chi connectivity index (χ1n) is 12.7. The number of nitrogens with zero attached hydrogens (tertiary/aromatic N) is 1. The fraction of sp³-hybridized carbons (Fsp3) is 0.519. The number of amides is 1. The molecule has 38 heavy (non-hydrogen) atoms. The summed E-state index contributed by atoms with van der Waals surface area (Å²) in [5.74, 6) is -8.22. The highest BCUT2D eigenvalue weighted by molar-refractivity contribution is 7.99. The number of hydrogen-bond acceptors (Lipinski definition) is 10. The first kappa shape index (κ1) is 26.7. The fourth-order valence-electron chi connectivity index (χ4n) is 6.89. The van der Waals surface area contributed by atoms with E-state index in [1.54, 1.807) is 23.9 Å². The Balaban J connectivity index is 1.74. The van der Waals surface area contributed by atoms with Crippen LogP contribution in [-0.4, -0.2) is 90.8 Å². The van der Waals surface area contributed by atoms with E-state index in [1.807, 2.05) is 0 Å². The largest absolute Gasteiger partial charge is 0.510 e. The van der Waals surface area contributed by atoms with Crippen LogP contribution in [0.1, 0.15) is 47.5 Å². The number of phenols is 1. The van der Waals surface area contributed by atoms with Gasteiger partial charge in [0.2, 0.25) is 5.78 Å². The Morgan fingerprint density at radius 2 is 1.82 bits per heavy atom. The lowest BCUT2D eigenvalue weighted by Crippen LogP contribution is -2.68. The fourth-order valence-corrected chi connectivity index (χ4v) is 8.43. The van der Waals surface area contributed by atoms with E-state index in [0.29, 0.717) is 16.6 Å². The standard InChI is InChI=1S/C27H32N2O8S/c1-29(2)20-19-22(32)16-13(10-38-11-6-3-4-7-11)12-8-5-9-14(30)15(12)21(31)17(16)24(34)27(19,37)25(35)18(23(20)33)26(28)36/h5,8-9,11,13,16,19-20,22,30,32-34,37H,3-4,6-7,10H2,1-2H3,(H2,28,36)/t13?,16?,19?,20-,22?,27-/m0/s1. The molecule has 0 bridgehead atoms. The van der Waals surface area contributed by atoms with Crippen LogP contribution in [0.4, 0.5) is 0 Å². The maximum atomic E-state index is 13.8. The second kappa shape index (κ2) is 9.41. The first-order chi connectivity index (χ1) is 17.9. The lowest BCUT2D eigenvalue weighted by molar-refractivity contribution is -0.162. The number of carbonyl (C=O) groups is 3. The highest BCUT2D eigenvalue weighted by Gasteiger charge is 2.67. The predicted molar refractivity (Wildman–Crippen MR) is 139 cm³/mol. The van der Waals surface area contributed by atoms with Gasteiger partial charge in [0, 0.05) is 28.4 Å². The lowest BCUT2D eigenvalue weighted by Gasteiger charge is -2.53. The van der Waals surface area contributed by atoms with Gasteiger partial charge in [-0.3, -0.25) is 19.3 Å². The summed E-state index contributed by atoms with van der Waals surface area (Å²) in [6.07, 6.45) is 2.72. The van der Waals surface area contributed by atoms with Crippen LogP contribution in [0.25, 0.3) is 0 Å². The van der Waals surface area contributed by atoms with Gasteiger partial charge in [-0.25, -0.2) is 0 Å². The number of Topliss-reactive ketones (excluding diaryl/α,β-unsaturated/α-hetero) is 2. The summed E-state index contributed by atoms with van der Waals surface area (Å²) in [6, 6.07) is 3.37. The second-order valence-electron chi connectivity index (χ2n) is 10.8. The van der Waals surface area contributed by atoms with E-state index in [9.17, 15) is 39.9 Å². The molecule has 4 unspecified atom stereocenters. The Bertz CT molecular complexity index is 1280. The second-order valence-corrected chi connectivity index (χ2v) is 12.2. The van der Waals surface area contributed by atoms with Crippen LogP contribution in [0, 0.1) is 11.8 Å². The molecule has 1 aromatic rings. The van der Waals surface area contributed by atoms with Crippen molar-refractivity contribution in [2.45, 2.75) is 54.6 Å². The van der Waals surface area contributed by atoms with E-state index in [2.05, 4.69) is 0 Å². The zero-order chi connectivity index (χ0) is 27.7. The molecule has 5 rings (SSSR count). The molecule has 0 aliphatic heterocycles. The van der Waals surface area contributed by atoms with Crippen molar-refractivity contribution in [2.24, 2.45) is 17.6 Å². The van der Waals surface area contributed by atoms with Crippen molar-refractivity contribution in [3.63, 3.8) is 0 Å². The average molecular weight is 545 g/mol. The molecule has 0 saturated heterocycles. The third kappa shape index (κ3) is 3.63. The number of rotatable bonds is 5. The molecule has 0 radical (unpaired) electrons. The molecular weight excluding hydrogens is 512 g/mol. The lowest BCUT2D eigenvalue weighted by atomic mass is 9.55. The quantitative estimate of drug-likeness (QED) is 0.296. The van der Waals surface area contributed by atoms with Gasteiger partial charge in [-0.15, -0.1) is 0 Å². The Morgan fingerprint density at radius 3 is 2.42 bits per heavy atom.